The lowest BCUT2D eigenvalue weighted by Crippen LogP contribution is -2.35. The lowest BCUT2D eigenvalue weighted by atomic mass is 10.0. The van der Waals surface area contributed by atoms with E-state index in [-0.39, 0.29) is 6.04 Å². The topological polar surface area (TPSA) is 26.0 Å². The molecule has 2 N–H and O–H groups in total. The van der Waals surface area contributed by atoms with E-state index in [1.54, 1.807) is 0 Å². The third-order valence-electron chi connectivity index (χ3n) is 3.50. The first-order chi connectivity index (χ1) is 8.48. The number of hydrogen-bond donors (Lipinski definition) is 1. The Morgan fingerprint density at radius 1 is 1.17 bits per heavy atom. The van der Waals surface area contributed by atoms with Gasteiger partial charge in [0, 0.05) is 17.5 Å². The van der Waals surface area contributed by atoms with Crippen molar-refractivity contribution < 1.29 is 0 Å². The molecule has 0 radical (unpaired) electrons. The van der Waals surface area contributed by atoms with Crippen LogP contribution in [0.3, 0.4) is 0 Å². The van der Waals surface area contributed by atoms with Crippen LogP contribution in [0, 0.1) is 17.8 Å². The largest absolute Gasteiger partial charge is 0.323 e. The molecule has 0 bridgehead atoms. The van der Waals surface area contributed by atoms with Gasteiger partial charge in [0.15, 0.2) is 0 Å². The summed E-state index contributed by atoms with van der Waals surface area (Å²) < 4.78 is 0. The van der Waals surface area contributed by atoms with Crippen LogP contribution in [0.15, 0.2) is 30.3 Å². The highest BCUT2D eigenvalue weighted by molar-refractivity contribution is 6.78. The summed E-state index contributed by atoms with van der Waals surface area (Å²) in [6.45, 7) is 7.09. The van der Waals surface area contributed by atoms with Crippen LogP contribution in [-0.4, -0.2) is 8.07 Å². The van der Waals surface area contributed by atoms with E-state index in [4.69, 9.17) is 5.73 Å². The highest BCUT2D eigenvalue weighted by Crippen LogP contribution is 2.34. The van der Waals surface area contributed by atoms with Crippen LogP contribution < -0.4 is 5.73 Å². The number of rotatable bonds is 3. The predicted octanol–water partition coefficient (Wildman–Crippen LogP) is 3.81. The van der Waals surface area contributed by atoms with E-state index in [1.165, 1.54) is 18.4 Å². The summed E-state index contributed by atoms with van der Waals surface area (Å²) in [5, 5.41) is 0. The zero-order valence-electron chi connectivity index (χ0n) is 11.6. The molecule has 0 unspecified atom stereocenters. The Labute approximate surface area is 112 Å². The first kappa shape index (κ1) is 13.4. The van der Waals surface area contributed by atoms with E-state index >= 15 is 0 Å². The van der Waals surface area contributed by atoms with E-state index < -0.39 is 8.07 Å². The monoisotopic (exact) mass is 257 g/mol. The minimum atomic E-state index is -1.37. The second kappa shape index (κ2) is 5.30. The summed E-state index contributed by atoms with van der Waals surface area (Å²) in [6, 6.07) is 10.5. The summed E-state index contributed by atoms with van der Waals surface area (Å²) in [6.07, 6.45) is 2.57. The van der Waals surface area contributed by atoms with E-state index in [2.05, 4.69) is 55.7 Å². The van der Waals surface area contributed by atoms with Crippen LogP contribution in [0.5, 0.6) is 0 Å². The molecule has 96 valence electrons. The zero-order chi connectivity index (χ0) is 13.2. The maximum Gasteiger partial charge on any atom is 0.0637 e. The lowest BCUT2D eigenvalue weighted by Gasteiger charge is -2.30. The highest BCUT2D eigenvalue weighted by atomic mass is 28.3. The van der Waals surface area contributed by atoms with Crippen LogP contribution in [0.2, 0.25) is 25.2 Å². The Bertz CT molecular complexity index is 445. The van der Waals surface area contributed by atoms with Crippen molar-refractivity contribution >= 4 is 8.07 Å². The smallest absolute Gasteiger partial charge is 0.0637 e. The van der Waals surface area contributed by atoms with Crippen molar-refractivity contribution in [2.75, 3.05) is 0 Å². The lowest BCUT2D eigenvalue weighted by molar-refractivity contribution is 0.731. The third-order valence-corrected chi connectivity index (χ3v) is 5.87. The maximum absolute atomic E-state index is 6.46. The Kier molecular flexibility index (Phi) is 3.94. The average molecular weight is 257 g/mol. The molecule has 1 aliphatic rings. The molecule has 1 nitrogen and oxygen atoms in total. The molecule has 1 aliphatic carbocycles. The summed E-state index contributed by atoms with van der Waals surface area (Å²) >= 11 is 0. The van der Waals surface area contributed by atoms with E-state index in [1.807, 2.05) is 6.07 Å². The standard InChI is InChI=1S/C16H23NSi/c1-18(2,3)15(12-11-13-9-10-13)16(17)14-7-5-4-6-8-14/h4-8,13,15-16H,9-10,17H2,1-3H3/t15-,16-/m1/s1. The SMILES string of the molecule is C[Si](C)(C)[C@H](C#CC1CC1)[C@H](N)c1ccccc1. The van der Waals surface area contributed by atoms with Gasteiger partial charge in [-0.1, -0.05) is 55.9 Å². The van der Waals surface area contributed by atoms with Crippen molar-refractivity contribution in [3.63, 3.8) is 0 Å². The van der Waals surface area contributed by atoms with Crippen LogP contribution >= 0.6 is 0 Å². The van der Waals surface area contributed by atoms with Crippen molar-refractivity contribution in [1.29, 1.82) is 0 Å². The summed E-state index contributed by atoms with van der Waals surface area (Å²) in [5.41, 5.74) is 8.03. The molecule has 2 heteroatoms. The van der Waals surface area contributed by atoms with Crippen molar-refractivity contribution in [2.24, 2.45) is 11.7 Å². The van der Waals surface area contributed by atoms with Crippen LogP contribution in [0.4, 0.5) is 0 Å². The fourth-order valence-electron chi connectivity index (χ4n) is 2.15. The first-order valence-corrected chi connectivity index (χ1v) is 10.4. The number of benzene rings is 1. The highest BCUT2D eigenvalue weighted by Gasteiger charge is 2.31. The minimum Gasteiger partial charge on any atom is -0.323 e. The molecule has 2 rings (SSSR count). The van der Waals surface area contributed by atoms with Crippen LogP contribution in [0.25, 0.3) is 0 Å². The van der Waals surface area contributed by atoms with E-state index in [0.29, 0.717) is 11.5 Å². The normalized spacial score (nSPS) is 18.7. The predicted molar refractivity (Wildman–Crippen MR) is 81.0 cm³/mol. The third kappa shape index (κ3) is 3.47. The molecule has 0 heterocycles. The molecule has 1 saturated carbocycles. The van der Waals surface area contributed by atoms with Crippen molar-refractivity contribution in [2.45, 2.75) is 44.1 Å². The Hall–Kier alpha value is -1.04. The van der Waals surface area contributed by atoms with Crippen molar-refractivity contribution in [1.82, 2.24) is 0 Å². The van der Waals surface area contributed by atoms with Gasteiger partial charge < -0.3 is 5.73 Å². The van der Waals surface area contributed by atoms with Crippen LogP contribution in [0.1, 0.15) is 24.4 Å². The average Bonchev–Trinajstić information content (AvgIpc) is 3.12. The molecule has 1 aromatic carbocycles. The number of hydrogen-bond acceptors (Lipinski definition) is 1. The molecular weight excluding hydrogens is 234 g/mol. The van der Waals surface area contributed by atoms with E-state index in [0.717, 1.165) is 0 Å². The van der Waals surface area contributed by atoms with Gasteiger partial charge >= 0.3 is 0 Å². The van der Waals surface area contributed by atoms with Gasteiger partial charge in [0.05, 0.1) is 8.07 Å². The molecule has 2 atom stereocenters. The first-order valence-electron chi connectivity index (χ1n) is 6.80. The molecule has 0 spiro atoms. The van der Waals surface area contributed by atoms with Gasteiger partial charge in [0.2, 0.25) is 0 Å². The summed E-state index contributed by atoms with van der Waals surface area (Å²) in [4.78, 5) is 0. The Morgan fingerprint density at radius 3 is 2.28 bits per heavy atom. The van der Waals surface area contributed by atoms with Gasteiger partial charge in [0.25, 0.3) is 0 Å². The molecule has 1 fully saturated rings. The summed E-state index contributed by atoms with van der Waals surface area (Å²) in [7, 11) is -1.37. The fourth-order valence-corrected chi connectivity index (χ4v) is 3.93. The van der Waals surface area contributed by atoms with Gasteiger partial charge in [-0.3, -0.25) is 0 Å². The second-order valence-electron chi connectivity index (χ2n) is 6.34. The fraction of sp³-hybridized carbons (Fsp3) is 0.500. The Morgan fingerprint density at radius 2 is 1.78 bits per heavy atom. The summed E-state index contributed by atoms with van der Waals surface area (Å²) in [5.74, 6) is 7.58. The maximum atomic E-state index is 6.46. The molecule has 0 aliphatic heterocycles. The van der Waals surface area contributed by atoms with Gasteiger partial charge in [-0.15, -0.1) is 5.92 Å². The van der Waals surface area contributed by atoms with Crippen molar-refractivity contribution in [3.05, 3.63) is 35.9 Å². The number of nitrogens with two attached hydrogens (primary N) is 1. The molecule has 0 aromatic heterocycles. The molecule has 0 saturated heterocycles. The van der Waals surface area contributed by atoms with Crippen molar-refractivity contribution in [3.8, 4) is 11.8 Å². The quantitative estimate of drug-likeness (QED) is 0.647. The van der Waals surface area contributed by atoms with Gasteiger partial charge in [0.1, 0.15) is 0 Å². The Balaban J connectivity index is 2.21. The molecule has 0 amide bonds. The van der Waals surface area contributed by atoms with Gasteiger partial charge in [-0.05, 0) is 18.4 Å². The van der Waals surface area contributed by atoms with Gasteiger partial charge in [-0.2, -0.15) is 0 Å². The molecule has 18 heavy (non-hydrogen) atoms. The zero-order valence-corrected chi connectivity index (χ0v) is 12.6. The second-order valence-corrected chi connectivity index (χ2v) is 11.7. The van der Waals surface area contributed by atoms with Crippen LogP contribution in [-0.2, 0) is 0 Å². The molecular formula is C16H23NSi. The van der Waals surface area contributed by atoms with E-state index in [9.17, 15) is 0 Å². The molecule has 1 aromatic rings. The minimum absolute atomic E-state index is 0.0594. The van der Waals surface area contributed by atoms with Gasteiger partial charge in [-0.25, -0.2) is 0 Å².